The fraction of sp³-hybridized carbons (Fsp3) is 0.172. The topological polar surface area (TPSA) is 30.5 Å². The van der Waals surface area contributed by atoms with Crippen LogP contribution in [0.1, 0.15) is 16.7 Å². The largest absolute Gasteiger partial charge is 0.573 e. The third-order valence-electron chi connectivity index (χ3n) is 6.03. The Labute approximate surface area is 219 Å². The Morgan fingerprint density at radius 2 is 1.10 bits per heavy atom. The summed E-state index contributed by atoms with van der Waals surface area (Å²) in [5, 5.41) is 3.17. The average Bonchev–Trinajstić information content (AvgIpc) is 2.86. The summed E-state index contributed by atoms with van der Waals surface area (Å²) in [7, 11) is 0. The second-order valence-electron chi connectivity index (χ2n) is 8.76. The van der Waals surface area contributed by atoms with Gasteiger partial charge in [-0.2, -0.15) is 0 Å². The van der Waals surface area contributed by atoms with E-state index >= 15 is 0 Å². The molecule has 0 atom stereocenters. The maximum absolute atomic E-state index is 13.5. The molecule has 0 radical (unpaired) electrons. The van der Waals surface area contributed by atoms with Crippen molar-refractivity contribution in [1.29, 1.82) is 0 Å². The highest BCUT2D eigenvalue weighted by Crippen LogP contribution is 2.40. The first-order chi connectivity index (χ1) is 18.4. The summed E-state index contributed by atoms with van der Waals surface area (Å²) >= 11 is 0. The fourth-order valence-corrected chi connectivity index (χ4v) is 4.38. The molecule has 0 spiro atoms. The maximum atomic E-state index is 13.5. The Balaban J connectivity index is 1.89. The number of ether oxygens (including phenoxy) is 2. The summed E-state index contributed by atoms with van der Waals surface area (Å²) in [6, 6.07) is 25.0. The van der Waals surface area contributed by atoms with Crippen molar-refractivity contribution in [3.63, 3.8) is 0 Å². The predicted octanol–water partition coefficient (Wildman–Crippen LogP) is 8.26. The Bertz CT molecular complexity index is 1310. The lowest BCUT2D eigenvalue weighted by molar-refractivity contribution is -0.275. The van der Waals surface area contributed by atoms with Gasteiger partial charge in [0, 0.05) is 17.6 Å². The van der Waals surface area contributed by atoms with Gasteiger partial charge in [0.05, 0.1) is 0 Å². The molecule has 4 aromatic rings. The van der Waals surface area contributed by atoms with E-state index in [4.69, 9.17) is 0 Å². The van der Waals surface area contributed by atoms with Gasteiger partial charge in [0.1, 0.15) is 17.3 Å². The van der Waals surface area contributed by atoms with Crippen molar-refractivity contribution < 1.29 is 40.2 Å². The molecule has 0 aliphatic carbocycles. The SMILES string of the molecule is Fc1ccc(NCC(Cc2ccccc2)(c2cccc(OC(F)(F)F)c2)c2cccc(OC(F)(F)F)c2)cc1. The highest BCUT2D eigenvalue weighted by atomic mass is 19.4. The molecule has 0 aliphatic rings. The summed E-state index contributed by atoms with van der Waals surface area (Å²) in [4.78, 5) is 0. The van der Waals surface area contributed by atoms with Crippen LogP contribution < -0.4 is 14.8 Å². The van der Waals surface area contributed by atoms with Crippen LogP contribution in [-0.2, 0) is 11.8 Å². The van der Waals surface area contributed by atoms with Crippen molar-refractivity contribution in [3.05, 3.63) is 126 Å². The fourth-order valence-electron chi connectivity index (χ4n) is 4.38. The van der Waals surface area contributed by atoms with E-state index in [0.29, 0.717) is 16.8 Å². The van der Waals surface area contributed by atoms with Gasteiger partial charge in [0.15, 0.2) is 0 Å². The van der Waals surface area contributed by atoms with Crippen molar-refractivity contribution in [1.82, 2.24) is 0 Å². The summed E-state index contributed by atoms with van der Waals surface area (Å²) in [6.45, 7) is 0.0124. The molecule has 0 bridgehead atoms. The van der Waals surface area contributed by atoms with Gasteiger partial charge in [-0.1, -0.05) is 54.6 Å². The zero-order valence-electron chi connectivity index (χ0n) is 20.2. The third-order valence-corrected chi connectivity index (χ3v) is 6.03. The van der Waals surface area contributed by atoms with Gasteiger partial charge in [0.2, 0.25) is 0 Å². The minimum Gasteiger partial charge on any atom is -0.406 e. The standard InChI is InChI=1S/C29H22F7NO2/c30-23-12-14-24(15-13-23)37-19-27(18-20-6-2-1-3-7-20,21-8-4-10-25(16-21)38-28(31,32)33)22-9-5-11-26(17-22)39-29(34,35)36/h1-17,37H,18-19H2. The molecule has 3 nitrogen and oxygen atoms in total. The minimum atomic E-state index is -4.95. The van der Waals surface area contributed by atoms with E-state index in [1.165, 1.54) is 48.5 Å². The van der Waals surface area contributed by atoms with Crippen molar-refractivity contribution in [3.8, 4) is 11.5 Å². The first kappa shape index (κ1) is 27.8. The van der Waals surface area contributed by atoms with E-state index in [2.05, 4.69) is 14.8 Å². The summed E-state index contributed by atoms with van der Waals surface area (Å²) in [6.07, 6.45) is -9.73. The van der Waals surface area contributed by atoms with Crippen molar-refractivity contribution in [2.45, 2.75) is 24.6 Å². The second-order valence-corrected chi connectivity index (χ2v) is 8.76. The Kier molecular flexibility index (Phi) is 8.03. The number of hydrogen-bond donors (Lipinski definition) is 1. The first-order valence-corrected chi connectivity index (χ1v) is 11.7. The van der Waals surface area contributed by atoms with Gasteiger partial charge >= 0.3 is 12.7 Å². The van der Waals surface area contributed by atoms with Crippen molar-refractivity contribution in [2.75, 3.05) is 11.9 Å². The van der Waals surface area contributed by atoms with Gasteiger partial charge in [-0.15, -0.1) is 26.3 Å². The maximum Gasteiger partial charge on any atom is 0.573 e. The quantitative estimate of drug-likeness (QED) is 0.213. The van der Waals surface area contributed by atoms with Crippen LogP contribution >= 0.6 is 0 Å². The van der Waals surface area contributed by atoms with Gasteiger partial charge in [-0.25, -0.2) is 4.39 Å². The molecule has 0 fully saturated rings. The molecule has 0 amide bonds. The molecule has 0 unspecified atom stereocenters. The van der Waals surface area contributed by atoms with Crippen LogP contribution in [0.2, 0.25) is 0 Å². The number of anilines is 1. The van der Waals surface area contributed by atoms with E-state index in [-0.39, 0.29) is 13.0 Å². The number of nitrogens with one attached hydrogen (secondary N) is 1. The molecule has 0 heterocycles. The van der Waals surface area contributed by atoms with Crippen LogP contribution in [0.4, 0.5) is 36.4 Å². The van der Waals surface area contributed by atoms with Crippen LogP contribution in [0.25, 0.3) is 0 Å². The minimum absolute atomic E-state index is 0.0124. The normalized spacial score (nSPS) is 12.2. The van der Waals surface area contributed by atoms with Crippen LogP contribution in [0, 0.1) is 5.82 Å². The van der Waals surface area contributed by atoms with Gasteiger partial charge in [-0.05, 0) is 71.6 Å². The lowest BCUT2D eigenvalue weighted by Gasteiger charge is -2.36. The third kappa shape index (κ3) is 7.66. The smallest absolute Gasteiger partial charge is 0.406 e. The van der Waals surface area contributed by atoms with Crippen LogP contribution in [0.5, 0.6) is 11.5 Å². The van der Waals surface area contributed by atoms with E-state index < -0.39 is 35.5 Å². The number of halogens is 7. The molecule has 0 saturated carbocycles. The van der Waals surface area contributed by atoms with Gasteiger partial charge in [0.25, 0.3) is 0 Å². The van der Waals surface area contributed by atoms with E-state index in [1.54, 1.807) is 42.5 Å². The number of hydrogen-bond acceptors (Lipinski definition) is 3. The zero-order chi connectivity index (χ0) is 28.1. The average molecular weight is 549 g/mol. The van der Waals surface area contributed by atoms with Gasteiger partial charge in [-0.3, -0.25) is 0 Å². The molecular formula is C29H22F7NO2. The first-order valence-electron chi connectivity index (χ1n) is 11.7. The summed E-state index contributed by atoms with van der Waals surface area (Å²) in [5.74, 6) is -1.44. The summed E-state index contributed by atoms with van der Waals surface area (Å²) in [5.41, 5.74) is 0.715. The van der Waals surface area contributed by atoms with Crippen molar-refractivity contribution in [2.24, 2.45) is 0 Å². The molecule has 0 saturated heterocycles. The monoisotopic (exact) mass is 549 g/mol. The molecule has 4 aromatic carbocycles. The van der Waals surface area contributed by atoms with Crippen LogP contribution in [-0.4, -0.2) is 19.3 Å². The highest BCUT2D eigenvalue weighted by Gasteiger charge is 2.38. The van der Waals surface area contributed by atoms with Gasteiger partial charge < -0.3 is 14.8 Å². The molecule has 10 heteroatoms. The zero-order valence-corrected chi connectivity index (χ0v) is 20.2. The number of alkyl halides is 6. The van der Waals surface area contributed by atoms with Crippen molar-refractivity contribution >= 4 is 5.69 Å². The molecule has 0 aromatic heterocycles. The van der Waals surface area contributed by atoms with E-state index in [9.17, 15) is 30.7 Å². The van der Waals surface area contributed by atoms with Crippen LogP contribution in [0.15, 0.2) is 103 Å². The Hall–Kier alpha value is -4.21. The molecule has 204 valence electrons. The van der Waals surface area contributed by atoms with E-state index in [0.717, 1.165) is 17.7 Å². The lowest BCUT2D eigenvalue weighted by atomic mass is 9.70. The lowest BCUT2D eigenvalue weighted by Crippen LogP contribution is -2.38. The molecular weight excluding hydrogens is 527 g/mol. The Morgan fingerprint density at radius 1 is 0.590 bits per heavy atom. The number of benzene rings is 4. The Morgan fingerprint density at radius 3 is 1.59 bits per heavy atom. The molecule has 0 aliphatic heterocycles. The second kappa shape index (κ2) is 11.3. The highest BCUT2D eigenvalue weighted by molar-refractivity contribution is 5.51. The molecule has 1 N–H and O–H groups in total. The number of rotatable bonds is 9. The summed E-state index contributed by atoms with van der Waals surface area (Å²) < 4.78 is 100. The molecule has 4 rings (SSSR count). The predicted molar refractivity (Wildman–Crippen MR) is 132 cm³/mol. The van der Waals surface area contributed by atoms with E-state index in [1.807, 2.05) is 0 Å². The van der Waals surface area contributed by atoms with Crippen LogP contribution in [0.3, 0.4) is 0 Å². The molecule has 39 heavy (non-hydrogen) atoms.